The van der Waals surface area contributed by atoms with Crippen LogP contribution in [0.4, 0.5) is 0 Å². The average Bonchev–Trinajstić information content (AvgIpc) is 3.13. The number of aromatic nitrogens is 2. The number of likely N-dealkylation sites (tertiary alicyclic amines) is 1. The summed E-state index contributed by atoms with van der Waals surface area (Å²) in [5.41, 5.74) is 3.83. The van der Waals surface area contributed by atoms with Gasteiger partial charge in [-0.1, -0.05) is 48.5 Å². The van der Waals surface area contributed by atoms with Crippen molar-refractivity contribution in [2.24, 2.45) is 0 Å². The van der Waals surface area contributed by atoms with Gasteiger partial charge >= 0.3 is 0 Å². The Morgan fingerprint density at radius 2 is 1.83 bits per heavy atom. The normalized spacial score (nSPS) is 16.6. The molecular formula is C29H30N4O2. The van der Waals surface area contributed by atoms with Gasteiger partial charge in [0.15, 0.2) is 0 Å². The molecular weight excluding hydrogens is 436 g/mol. The third kappa shape index (κ3) is 5.66. The summed E-state index contributed by atoms with van der Waals surface area (Å²) in [6.07, 6.45) is 5.18. The molecule has 3 heterocycles. The number of nitrogens with zero attached hydrogens (tertiary/aromatic N) is 2. The van der Waals surface area contributed by atoms with Crippen molar-refractivity contribution in [1.29, 1.82) is 0 Å². The zero-order valence-electron chi connectivity index (χ0n) is 19.7. The van der Waals surface area contributed by atoms with E-state index in [1.54, 1.807) is 12.3 Å². The first-order valence-corrected chi connectivity index (χ1v) is 12.3. The summed E-state index contributed by atoms with van der Waals surface area (Å²) in [5.74, 6) is 0.204. The number of rotatable bonds is 6. The van der Waals surface area contributed by atoms with Gasteiger partial charge in [0.05, 0.1) is 5.52 Å². The van der Waals surface area contributed by atoms with Crippen LogP contribution in [0.15, 0.2) is 83.8 Å². The minimum Gasteiger partial charge on any atom is -0.348 e. The number of hydrogen-bond donors (Lipinski definition) is 2. The standard InChI is InChI=1S/C29H30N4O2/c34-28(31-19-21-17-24-9-4-5-11-27(24)30-18-21)26-13-12-25(32-29(26)35)20-33-15-6-10-23(14-16-33)22-7-2-1-3-8-22/h1-5,7-9,11-13,17-18,23H,6,10,14-16,19-20H2,(H,31,34)(H,32,35). The van der Waals surface area contributed by atoms with Crippen LogP contribution in [0.3, 0.4) is 0 Å². The first-order valence-electron chi connectivity index (χ1n) is 12.3. The van der Waals surface area contributed by atoms with Crippen molar-refractivity contribution in [3.8, 4) is 0 Å². The summed E-state index contributed by atoms with van der Waals surface area (Å²) in [7, 11) is 0. The summed E-state index contributed by atoms with van der Waals surface area (Å²) in [6, 6.07) is 24.1. The minimum atomic E-state index is -0.383. The fraction of sp³-hybridized carbons (Fsp3) is 0.276. The Balaban J connectivity index is 1.18. The molecule has 1 atom stereocenters. The van der Waals surface area contributed by atoms with Gasteiger partial charge in [-0.3, -0.25) is 19.5 Å². The lowest BCUT2D eigenvalue weighted by atomic mass is 9.92. The zero-order chi connectivity index (χ0) is 24.0. The number of amides is 1. The van der Waals surface area contributed by atoms with Gasteiger partial charge < -0.3 is 10.3 Å². The van der Waals surface area contributed by atoms with Gasteiger partial charge in [0.2, 0.25) is 0 Å². The van der Waals surface area contributed by atoms with Crippen molar-refractivity contribution in [3.05, 3.63) is 112 Å². The average molecular weight is 467 g/mol. The smallest absolute Gasteiger partial charge is 0.261 e. The molecule has 1 amide bonds. The number of para-hydroxylation sites is 1. The Morgan fingerprint density at radius 3 is 2.69 bits per heavy atom. The SMILES string of the molecule is O=C(NCc1cnc2ccccc2c1)c1ccc(CN2CCCC(c3ccccc3)CC2)[nH]c1=O. The van der Waals surface area contributed by atoms with Crippen LogP contribution in [0.2, 0.25) is 0 Å². The van der Waals surface area contributed by atoms with Crippen LogP contribution in [0, 0.1) is 0 Å². The lowest BCUT2D eigenvalue weighted by Gasteiger charge is -2.20. The predicted molar refractivity (Wildman–Crippen MR) is 138 cm³/mol. The highest BCUT2D eigenvalue weighted by molar-refractivity contribution is 5.93. The molecule has 0 spiro atoms. The number of H-pyrrole nitrogens is 1. The number of aromatic amines is 1. The molecule has 0 radical (unpaired) electrons. The highest BCUT2D eigenvalue weighted by atomic mass is 16.2. The van der Waals surface area contributed by atoms with E-state index in [1.807, 2.05) is 36.4 Å². The Kier molecular flexibility index (Phi) is 7.00. The fourth-order valence-electron chi connectivity index (χ4n) is 4.89. The molecule has 0 bridgehead atoms. The number of nitrogens with one attached hydrogen (secondary N) is 2. The fourth-order valence-corrected chi connectivity index (χ4v) is 4.89. The van der Waals surface area contributed by atoms with E-state index in [4.69, 9.17) is 0 Å². The summed E-state index contributed by atoms with van der Waals surface area (Å²) in [6.45, 7) is 2.99. The van der Waals surface area contributed by atoms with Crippen molar-refractivity contribution in [2.75, 3.05) is 13.1 Å². The second-order valence-electron chi connectivity index (χ2n) is 9.26. The minimum absolute atomic E-state index is 0.127. The molecule has 2 aromatic carbocycles. The van der Waals surface area contributed by atoms with E-state index in [2.05, 4.69) is 50.5 Å². The van der Waals surface area contributed by atoms with Crippen molar-refractivity contribution < 1.29 is 4.79 Å². The van der Waals surface area contributed by atoms with Gasteiger partial charge in [0.25, 0.3) is 11.5 Å². The molecule has 0 saturated carbocycles. The summed E-state index contributed by atoms with van der Waals surface area (Å²) < 4.78 is 0. The molecule has 5 rings (SSSR count). The Bertz CT molecular complexity index is 1370. The number of carbonyl (C=O) groups is 1. The maximum Gasteiger partial charge on any atom is 0.261 e. The predicted octanol–water partition coefficient (Wildman–Crippen LogP) is 4.62. The first kappa shape index (κ1) is 23.0. The number of fused-ring (bicyclic) bond motifs is 1. The van der Waals surface area contributed by atoms with Gasteiger partial charge in [0, 0.05) is 30.4 Å². The van der Waals surface area contributed by atoms with Gasteiger partial charge in [-0.05, 0) is 73.7 Å². The number of benzene rings is 2. The largest absolute Gasteiger partial charge is 0.348 e. The Morgan fingerprint density at radius 1 is 1.00 bits per heavy atom. The number of carbonyl (C=O) groups excluding carboxylic acids is 1. The lowest BCUT2D eigenvalue weighted by Crippen LogP contribution is -2.31. The molecule has 35 heavy (non-hydrogen) atoms. The summed E-state index contributed by atoms with van der Waals surface area (Å²) >= 11 is 0. The quantitative estimate of drug-likeness (QED) is 0.435. The molecule has 1 saturated heterocycles. The van der Waals surface area contributed by atoms with Crippen LogP contribution >= 0.6 is 0 Å². The maximum absolute atomic E-state index is 12.7. The van der Waals surface area contributed by atoms with E-state index >= 15 is 0 Å². The van der Waals surface area contributed by atoms with Gasteiger partial charge in [-0.25, -0.2) is 0 Å². The van der Waals surface area contributed by atoms with Gasteiger partial charge in [0.1, 0.15) is 5.56 Å². The van der Waals surface area contributed by atoms with Gasteiger partial charge in [-0.15, -0.1) is 0 Å². The van der Waals surface area contributed by atoms with E-state index < -0.39 is 0 Å². The van der Waals surface area contributed by atoms with E-state index in [-0.39, 0.29) is 17.0 Å². The maximum atomic E-state index is 12.7. The van der Waals surface area contributed by atoms with E-state index in [9.17, 15) is 9.59 Å². The monoisotopic (exact) mass is 466 g/mol. The topological polar surface area (TPSA) is 78.1 Å². The number of hydrogen-bond acceptors (Lipinski definition) is 4. The summed E-state index contributed by atoms with van der Waals surface area (Å²) in [4.78, 5) is 35.1. The molecule has 1 fully saturated rings. The molecule has 4 aromatic rings. The third-order valence-electron chi connectivity index (χ3n) is 6.80. The molecule has 178 valence electrons. The molecule has 2 N–H and O–H groups in total. The van der Waals surface area contributed by atoms with Crippen LogP contribution in [0.1, 0.15) is 52.4 Å². The highest BCUT2D eigenvalue weighted by Gasteiger charge is 2.19. The Hall–Kier alpha value is -3.77. The molecule has 1 unspecified atom stereocenters. The van der Waals surface area contributed by atoms with Crippen LogP contribution in [0.25, 0.3) is 10.9 Å². The summed E-state index contributed by atoms with van der Waals surface area (Å²) in [5, 5.41) is 3.86. The van der Waals surface area contributed by atoms with Crippen LogP contribution in [-0.4, -0.2) is 33.9 Å². The molecule has 2 aromatic heterocycles. The zero-order valence-corrected chi connectivity index (χ0v) is 19.7. The second-order valence-corrected chi connectivity index (χ2v) is 9.26. The lowest BCUT2D eigenvalue weighted by molar-refractivity contribution is 0.0949. The molecule has 6 nitrogen and oxygen atoms in total. The van der Waals surface area contributed by atoms with Gasteiger partial charge in [-0.2, -0.15) is 0 Å². The Labute approximate surface area is 205 Å². The molecule has 6 heteroatoms. The van der Waals surface area contributed by atoms with Crippen LogP contribution in [-0.2, 0) is 13.1 Å². The van der Waals surface area contributed by atoms with Crippen molar-refractivity contribution in [1.82, 2.24) is 20.2 Å². The molecule has 1 aliphatic rings. The molecule has 1 aliphatic heterocycles. The first-order chi connectivity index (χ1) is 17.2. The van der Waals surface area contributed by atoms with Crippen molar-refractivity contribution >= 4 is 16.8 Å². The molecule has 0 aliphatic carbocycles. The van der Waals surface area contributed by atoms with E-state index in [1.165, 1.54) is 12.0 Å². The number of pyridine rings is 2. The third-order valence-corrected chi connectivity index (χ3v) is 6.80. The highest BCUT2D eigenvalue weighted by Crippen LogP contribution is 2.28. The van der Waals surface area contributed by atoms with Crippen LogP contribution < -0.4 is 10.9 Å². The second kappa shape index (κ2) is 10.7. The van der Waals surface area contributed by atoms with Crippen molar-refractivity contribution in [2.45, 2.75) is 38.3 Å². The van der Waals surface area contributed by atoms with E-state index in [0.29, 0.717) is 19.0 Å². The van der Waals surface area contributed by atoms with Crippen LogP contribution in [0.5, 0.6) is 0 Å². The van der Waals surface area contributed by atoms with E-state index in [0.717, 1.165) is 48.1 Å². The van der Waals surface area contributed by atoms with Crippen molar-refractivity contribution in [3.63, 3.8) is 0 Å².